The molecule has 0 unspecified atom stereocenters. The van der Waals surface area contributed by atoms with Crippen molar-refractivity contribution < 1.29 is 24.5 Å². The smallest absolute Gasteiger partial charge is 0.339 e. The molecule has 0 aliphatic heterocycles. The Balaban J connectivity index is 2.06. The Labute approximate surface area is 142 Å². The van der Waals surface area contributed by atoms with Crippen LogP contribution in [0.3, 0.4) is 0 Å². The molecule has 2 rings (SSSR count). The van der Waals surface area contributed by atoms with Crippen LogP contribution in [-0.4, -0.2) is 34.3 Å². The number of methoxy groups -OCH3 is 1. The van der Waals surface area contributed by atoms with E-state index < -0.39 is 11.9 Å². The molecule has 0 aliphatic carbocycles. The number of aromatic carboxylic acids is 1. The Morgan fingerprint density at radius 1 is 1.17 bits per heavy atom. The second kappa shape index (κ2) is 7.42. The fourth-order valence-corrected chi connectivity index (χ4v) is 2.10. The number of hydrogen-bond acceptors (Lipinski definition) is 5. The van der Waals surface area contributed by atoms with Gasteiger partial charge in [0, 0.05) is 11.3 Å². The number of carbonyl (C=O) groups excluding carboxylic acids is 1. The molecule has 0 spiro atoms. The van der Waals surface area contributed by atoms with Crippen LogP contribution in [0.1, 0.15) is 20.7 Å². The van der Waals surface area contributed by atoms with Crippen molar-refractivity contribution in [3.8, 4) is 11.5 Å². The largest absolute Gasteiger partial charge is 0.507 e. The van der Waals surface area contributed by atoms with E-state index in [-0.39, 0.29) is 16.4 Å². The molecule has 0 aromatic heterocycles. The van der Waals surface area contributed by atoms with Crippen molar-refractivity contribution in [2.75, 3.05) is 12.4 Å². The average Bonchev–Trinajstić information content (AvgIpc) is 2.56. The number of aromatic hydroxyl groups is 1. The summed E-state index contributed by atoms with van der Waals surface area (Å²) in [6, 6.07) is 10.4. The van der Waals surface area contributed by atoms with Crippen molar-refractivity contribution in [3.63, 3.8) is 0 Å². The summed E-state index contributed by atoms with van der Waals surface area (Å²) in [4.78, 5) is 23.1. The quantitative estimate of drug-likeness (QED) is 0.496. The van der Waals surface area contributed by atoms with E-state index in [2.05, 4.69) is 10.6 Å². The van der Waals surface area contributed by atoms with E-state index in [9.17, 15) is 14.7 Å². The third-order valence-electron chi connectivity index (χ3n) is 3.04. The molecule has 0 saturated heterocycles. The van der Waals surface area contributed by atoms with E-state index in [1.165, 1.54) is 25.3 Å². The SMILES string of the molecule is COc1cccc(C(=O)NC(=S)Nc2ccc(O)c(C(=O)O)c2)c1. The molecule has 0 radical (unpaired) electrons. The van der Waals surface area contributed by atoms with E-state index in [0.717, 1.165) is 0 Å². The van der Waals surface area contributed by atoms with Crippen molar-refractivity contribution in [2.45, 2.75) is 0 Å². The van der Waals surface area contributed by atoms with Crippen molar-refractivity contribution in [1.82, 2.24) is 5.32 Å². The minimum atomic E-state index is -1.28. The number of carboxylic acid groups (broad SMARTS) is 1. The van der Waals surface area contributed by atoms with Gasteiger partial charge < -0.3 is 20.3 Å². The van der Waals surface area contributed by atoms with E-state index >= 15 is 0 Å². The minimum Gasteiger partial charge on any atom is -0.507 e. The summed E-state index contributed by atoms with van der Waals surface area (Å²) in [6.07, 6.45) is 0. The Morgan fingerprint density at radius 3 is 2.58 bits per heavy atom. The van der Waals surface area contributed by atoms with Gasteiger partial charge in [0.05, 0.1) is 7.11 Å². The molecule has 4 N–H and O–H groups in total. The highest BCUT2D eigenvalue weighted by Gasteiger charge is 2.12. The van der Waals surface area contributed by atoms with Gasteiger partial charge in [-0.2, -0.15) is 0 Å². The molecule has 24 heavy (non-hydrogen) atoms. The Hall–Kier alpha value is -3.13. The topological polar surface area (TPSA) is 108 Å². The van der Waals surface area contributed by atoms with Gasteiger partial charge in [0.15, 0.2) is 5.11 Å². The third-order valence-corrected chi connectivity index (χ3v) is 3.25. The molecule has 0 fully saturated rings. The van der Waals surface area contributed by atoms with Crippen molar-refractivity contribution >= 4 is 34.9 Å². The highest BCUT2D eigenvalue weighted by Crippen LogP contribution is 2.21. The van der Waals surface area contributed by atoms with Gasteiger partial charge in [-0.3, -0.25) is 10.1 Å². The molecule has 1 amide bonds. The van der Waals surface area contributed by atoms with Crippen LogP contribution in [0.5, 0.6) is 11.5 Å². The number of phenols is 1. The van der Waals surface area contributed by atoms with E-state index in [0.29, 0.717) is 17.0 Å². The van der Waals surface area contributed by atoms with Gasteiger partial charge in [0.2, 0.25) is 0 Å². The lowest BCUT2D eigenvalue weighted by molar-refractivity contribution is 0.0693. The van der Waals surface area contributed by atoms with Crippen molar-refractivity contribution in [2.24, 2.45) is 0 Å². The van der Waals surface area contributed by atoms with Crippen LogP contribution in [0.2, 0.25) is 0 Å². The van der Waals surface area contributed by atoms with E-state index in [1.54, 1.807) is 24.3 Å². The van der Waals surface area contributed by atoms with Crippen LogP contribution in [0.25, 0.3) is 0 Å². The van der Waals surface area contributed by atoms with Gasteiger partial charge >= 0.3 is 5.97 Å². The maximum Gasteiger partial charge on any atom is 0.339 e. The standard InChI is InChI=1S/C16H14N2O5S/c1-23-11-4-2-3-9(7-11)14(20)18-16(24)17-10-5-6-13(19)12(8-10)15(21)22/h2-8,19H,1H3,(H,21,22)(H2,17,18,20,24). The minimum absolute atomic E-state index is 0.00940. The molecular formula is C16H14N2O5S. The number of rotatable bonds is 4. The zero-order valence-electron chi connectivity index (χ0n) is 12.6. The van der Waals surface area contributed by atoms with Crippen molar-refractivity contribution in [1.29, 1.82) is 0 Å². The number of thiocarbonyl (C=S) groups is 1. The first-order chi connectivity index (χ1) is 11.4. The number of amides is 1. The van der Waals surface area contributed by atoms with Gasteiger partial charge in [-0.05, 0) is 48.6 Å². The molecule has 0 saturated carbocycles. The molecule has 0 aliphatic rings. The summed E-state index contributed by atoms with van der Waals surface area (Å²) in [7, 11) is 1.49. The number of carbonyl (C=O) groups is 2. The molecule has 2 aromatic carbocycles. The van der Waals surface area contributed by atoms with Gasteiger partial charge in [0.25, 0.3) is 5.91 Å². The van der Waals surface area contributed by atoms with Gasteiger partial charge in [-0.25, -0.2) is 4.79 Å². The van der Waals surface area contributed by atoms with Crippen molar-refractivity contribution in [3.05, 3.63) is 53.6 Å². The summed E-state index contributed by atoms with van der Waals surface area (Å²) < 4.78 is 5.04. The fourth-order valence-electron chi connectivity index (χ4n) is 1.89. The third kappa shape index (κ3) is 4.20. The highest BCUT2D eigenvalue weighted by atomic mass is 32.1. The summed E-state index contributed by atoms with van der Waals surface area (Å²) in [6.45, 7) is 0. The second-order valence-corrected chi connectivity index (χ2v) is 5.09. The molecule has 0 atom stereocenters. The Kier molecular flexibility index (Phi) is 5.33. The highest BCUT2D eigenvalue weighted by molar-refractivity contribution is 7.80. The van der Waals surface area contributed by atoms with Crippen LogP contribution < -0.4 is 15.4 Å². The molecule has 0 bridgehead atoms. The monoisotopic (exact) mass is 346 g/mol. The average molecular weight is 346 g/mol. The molecule has 8 heteroatoms. The first-order valence-corrected chi connectivity index (χ1v) is 7.14. The summed E-state index contributed by atoms with van der Waals surface area (Å²) in [5, 5.41) is 23.6. The molecule has 7 nitrogen and oxygen atoms in total. The number of hydrogen-bond donors (Lipinski definition) is 4. The number of nitrogens with one attached hydrogen (secondary N) is 2. The van der Waals surface area contributed by atoms with E-state index in [1.807, 2.05) is 0 Å². The maximum atomic E-state index is 12.1. The lowest BCUT2D eigenvalue weighted by Gasteiger charge is -2.11. The zero-order valence-corrected chi connectivity index (χ0v) is 13.4. The second-order valence-electron chi connectivity index (χ2n) is 4.68. The first-order valence-electron chi connectivity index (χ1n) is 6.73. The first kappa shape index (κ1) is 17.2. The van der Waals surface area contributed by atoms with Crippen LogP contribution in [0, 0.1) is 0 Å². The zero-order chi connectivity index (χ0) is 17.7. The number of carboxylic acids is 1. The van der Waals surface area contributed by atoms with Gasteiger partial charge in [0.1, 0.15) is 17.1 Å². The summed E-state index contributed by atoms with van der Waals surface area (Å²) >= 11 is 5.03. The molecule has 0 heterocycles. The Morgan fingerprint density at radius 2 is 1.92 bits per heavy atom. The van der Waals surface area contributed by atoms with Crippen LogP contribution in [-0.2, 0) is 0 Å². The maximum absolute atomic E-state index is 12.1. The summed E-state index contributed by atoms with van der Waals surface area (Å²) in [5.74, 6) is -1.54. The van der Waals surface area contributed by atoms with Crippen LogP contribution in [0.15, 0.2) is 42.5 Å². The normalized spacial score (nSPS) is 9.88. The van der Waals surface area contributed by atoms with Gasteiger partial charge in [-0.15, -0.1) is 0 Å². The van der Waals surface area contributed by atoms with Gasteiger partial charge in [-0.1, -0.05) is 6.07 Å². The molecule has 124 valence electrons. The van der Waals surface area contributed by atoms with Crippen LogP contribution >= 0.6 is 12.2 Å². The number of anilines is 1. The molecular weight excluding hydrogens is 332 g/mol. The summed E-state index contributed by atoms with van der Waals surface area (Å²) in [5.41, 5.74) is 0.401. The predicted molar refractivity (Wildman–Crippen MR) is 91.7 cm³/mol. The van der Waals surface area contributed by atoms with Crippen LogP contribution in [0.4, 0.5) is 5.69 Å². The lowest BCUT2D eigenvalue weighted by atomic mass is 10.2. The number of ether oxygens (including phenoxy) is 1. The number of benzene rings is 2. The fraction of sp³-hybridized carbons (Fsp3) is 0.0625. The molecule has 2 aromatic rings. The Bertz CT molecular complexity index is 807. The van der Waals surface area contributed by atoms with E-state index in [4.69, 9.17) is 22.1 Å². The lowest BCUT2D eigenvalue weighted by Crippen LogP contribution is -2.34. The predicted octanol–water partition coefficient (Wildman–Crippen LogP) is 2.23.